The number of fused-ring (bicyclic) bond motifs is 1. The van der Waals surface area contributed by atoms with Crippen LogP contribution in [0.5, 0.6) is 0 Å². The molecule has 22 heavy (non-hydrogen) atoms. The predicted molar refractivity (Wildman–Crippen MR) is 92.5 cm³/mol. The van der Waals surface area contributed by atoms with Crippen LogP contribution in [0.3, 0.4) is 0 Å². The van der Waals surface area contributed by atoms with Crippen LogP contribution in [0, 0.1) is 5.92 Å². The zero-order chi connectivity index (χ0) is 15.4. The molecule has 4 nitrogen and oxygen atoms in total. The molecule has 1 aliphatic rings. The lowest BCUT2D eigenvalue weighted by Gasteiger charge is -2.20. The first kappa shape index (κ1) is 15.7. The van der Waals surface area contributed by atoms with Gasteiger partial charge in [-0.25, -0.2) is 0 Å². The molecule has 1 saturated heterocycles. The van der Waals surface area contributed by atoms with Crippen molar-refractivity contribution in [1.29, 1.82) is 0 Å². The van der Waals surface area contributed by atoms with Crippen LogP contribution in [0.4, 0.5) is 5.69 Å². The molecule has 0 amide bonds. The van der Waals surface area contributed by atoms with Crippen molar-refractivity contribution in [2.24, 2.45) is 5.92 Å². The van der Waals surface area contributed by atoms with E-state index < -0.39 is 0 Å². The van der Waals surface area contributed by atoms with Crippen molar-refractivity contribution in [2.75, 3.05) is 44.9 Å². The van der Waals surface area contributed by atoms with Gasteiger partial charge < -0.3 is 14.4 Å². The van der Waals surface area contributed by atoms with Gasteiger partial charge in [0, 0.05) is 47.9 Å². The molecule has 2 aromatic rings. The third-order valence-electron chi connectivity index (χ3n) is 4.11. The maximum Gasteiger partial charge on any atom is 0.0864 e. The number of para-hydroxylation sites is 1. The molecule has 3 rings (SSSR count). The molecular weight excluding hydrogens is 344 g/mol. The van der Waals surface area contributed by atoms with Gasteiger partial charge in [0.05, 0.1) is 25.3 Å². The lowest BCUT2D eigenvalue weighted by Crippen LogP contribution is -2.21. The second-order valence-electron chi connectivity index (χ2n) is 5.63. The molecule has 1 aliphatic heterocycles. The minimum atomic E-state index is 0.590. The summed E-state index contributed by atoms with van der Waals surface area (Å²) in [5.74, 6) is 0.590. The SMILES string of the molecule is COCCOCC1CCN(c2ccnc3c(Br)cccc23)C1. The molecule has 1 fully saturated rings. The average molecular weight is 365 g/mol. The highest BCUT2D eigenvalue weighted by Crippen LogP contribution is 2.32. The summed E-state index contributed by atoms with van der Waals surface area (Å²) >= 11 is 3.59. The van der Waals surface area contributed by atoms with Gasteiger partial charge in [-0.2, -0.15) is 0 Å². The summed E-state index contributed by atoms with van der Waals surface area (Å²) in [5.41, 5.74) is 2.30. The smallest absolute Gasteiger partial charge is 0.0864 e. The van der Waals surface area contributed by atoms with E-state index in [2.05, 4.69) is 44.0 Å². The van der Waals surface area contributed by atoms with Gasteiger partial charge in [0.15, 0.2) is 0 Å². The summed E-state index contributed by atoms with van der Waals surface area (Å²) in [4.78, 5) is 6.94. The molecule has 118 valence electrons. The standard InChI is InChI=1S/C17H21BrN2O2/c1-21-9-10-22-12-13-6-8-20(11-13)16-5-7-19-17-14(16)3-2-4-15(17)18/h2-5,7,13H,6,8-12H2,1H3. The van der Waals surface area contributed by atoms with Crippen LogP contribution >= 0.6 is 15.9 Å². The maximum atomic E-state index is 5.68. The Labute approximate surface area is 139 Å². The van der Waals surface area contributed by atoms with E-state index in [0.29, 0.717) is 19.1 Å². The van der Waals surface area contributed by atoms with E-state index >= 15 is 0 Å². The molecule has 1 aromatic heterocycles. The highest BCUT2D eigenvalue weighted by molar-refractivity contribution is 9.10. The minimum absolute atomic E-state index is 0.590. The summed E-state index contributed by atoms with van der Waals surface area (Å²) in [7, 11) is 1.70. The quantitative estimate of drug-likeness (QED) is 0.734. The van der Waals surface area contributed by atoms with Gasteiger partial charge >= 0.3 is 0 Å². The summed E-state index contributed by atoms with van der Waals surface area (Å²) in [5, 5.41) is 1.21. The second kappa shape index (κ2) is 7.40. The molecular formula is C17H21BrN2O2. The zero-order valence-electron chi connectivity index (χ0n) is 12.8. The van der Waals surface area contributed by atoms with Gasteiger partial charge in [0.1, 0.15) is 0 Å². The van der Waals surface area contributed by atoms with E-state index in [9.17, 15) is 0 Å². The molecule has 2 heterocycles. The monoisotopic (exact) mass is 364 g/mol. The number of rotatable bonds is 6. The second-order valence-corrected chi connectivity index (χ2v) is 6.49. The predicted octanol–water partition coefficient (Wildman–Crippen LogP) is 3.49. The van der Waals surface area contributed by atoms with E-state index in [0.717, 1.165) is 29.7 Å². The third kappa shape index (κ3) is 3.42. The molecule has 5 heteroatoms. The Morgan fingerprint density at radius 3 is 3.09 bits per heavy atom. The Morgan fingerprint density at radius 2 is 2.23 bits per heavy atom. The molecule has 1 atom stereocenters. The highest BCUT2D eigenvalue weighted by Gasteiger charge is 2.24. The fourth-order valence-electron chi connectivity index (χ4n) is 2.98. The molecule has 0 radical (unpaired) electrons. The Balaban J connectivity index is 1.69. The Bertz CT molecular complexity index is 635. The Hall–Kier alpha value is -1.17. The van der Waals surface area contributed by atoms with Gasteiger partial charge in [-0.3, -0.25) is 4.98 Å². The lowest BCUT2D eigenvalue weighted by atomic mass is 10.1. The van der Waals surface area contributed by atoms with Crippen LogP contribution in [-0.4, -0.2) is 45.0 Å². The van der Waals surface area contributed by atoms with E-state index in [4.69, 9.17) is 9.47 Å². The first-order valence-corrected chi connectivity index (χ1v) is 8.43. The van der Waals surface area contributed by atoms with Crippen LogP contribution in [0.25, 0.3) is 10.9 Å². The summed E-state index contributed by atoms with van der Waals surface area (Å²) in [6.45, 7) is 4.27. The molecule has 0 saturated carbocycles. The van der Waals surface area contributed by atoms with Crippen molar-refractivity contribution < 1.29 is 9.47 Å². The summed E-state index contributed by atoms with van der Waals surface area (Å²) < 4.78 is 11.7. The van der Waals surface area contributed by atoms with Crippen molar-refractivity contribution in [1.82, 2.24) is 4.98 Å². The van der Waals surface area contributed by atoms with Crippen LogP contribution in [0.2, 0.25) is 0 Å². The number of benzene rings is 1. The van der Waals surface area contributed by atoms with Crippen LogP contribution in [0.1, 0.15) is 6.42 Å². The fourth-order valence-corrected chi connectivity index (χ4v) is 3.45. The summed E-state index contributed by atoms with van der Waals surface area (Å²) in [6, 6.07) is 8.36. The van der Waals surface area contributed by atoms with Gasteiger partial charge in [-0.1, -0.05) is 12.1 Å². The van der Waals surface area contributed by atoms with Crippen LogP contribution in [-0.2, 0) is 9.47 Å². The number of nitrogens with zero attached hydrogens (tertiary/aromatic N) is 2. The number of anilines is 1. The maximum absolute atomic E-state index is 5.68. The van der Waals surface area contributed by atoms with E-state index in [1.807, 2.05) is 12.3 Å². The number of methoxy groups -OCH3 is 1. The Kier molecular flexibility index (Phi) is 5.28. The third-order valence-corrected chi connectivity index (χ3v) is 4.75. The molecule has 1 unspecified atom stereocenters. The van der Waals surface area contributed by atoms with Gasteiger partial charge in [-0.15, -0.1) is 0 Å². The highest BCUT2D eigenvalue weighted by atomic mass is 79.9. The molecule has 0 aliphatic carbocycles. The largest absolute Gasteiger partial charge is 0.382 e. The molecule has 0 bridgehead atoms. The van der Waals surface area contributed by atoms with E-state index in [1.54, 1.807) is 7.11 Å². The van der Waals surface area contributed by atoms with Crippen molar-refractivity contribution in [3.63, 3.8) is 0 Å². The van der Waals surface area contributed by atoms with Crippen LogP contribution in [0.15, 0.2) is 34.9 Å². The van der Waals surface area contributed by atoms with Crippen molar-refractivity contribution in [3.05, 3.63) is 34.9 Å². The van der Waals surface area contributed by atoms with Crippen molar-refractivity contribution in [2.45, 2.75) is 6.42 Å². The summed E-state index contributed by atoms with van der Waals surface area (Å²) in [6.07, 6.45) is 3.07. The topological polar surface area (TPSA) is 34.6 Å². The minimum Gasteiger partial charge on any atom is -0.382 e. The molecule has 0 N–H and O–H groups in total. The number of ether oxygens (including phenoxy) is 2. The first-order valence-electron chi connectivity index (χ1n) is 7.64. The Morgan fingerprint density at radius 1 is 1.32 bits per heavy atom. The van der Waals surface area contributed by atoms with E-state index in [1.165, 1.54) is 17.5 Å². The fraction of sp³-hybridized carbons (Fsp3) is 0.471. The average Bonchev–Trinajstić information content (AvgIpc) is 3.00. The number of hydrogen-bond acceptors (Lipinski definition) is 4. The normalized spacial score (nSPS) is 18.3. The van der Waals surface area contributed by atoms with Crippen LogP contribution < -0.4 is 4.90 Å². The van der Waals surface area contributed by atoms with Crippen molar-refractivity contribution in [3.8, 4) is 0 Å². The number of halogens is 1. The van der Waals surface area contributed by atoms with Gasteiger partial charge in [0.25, 0.3) is 0 Å². The number of aromatic nitrogens is 1. The van der Waals surface area contributed by atoms with Gasteiger partial charge in [-0.05, 0) is 34.5 Å². The lowest BCUT2D eigenvalue weighted by molar-refractivity contribution is 0.0549. The molecule has 0 spiro atoms. The van der Waals surface area contributed by atoms with Gasteiger partial charge in [0.2, 0.25) is 0 Å². The first-order chi connectivity index (χ1) is 10.8. The van der Waals surface area contributed by atoms with E-state index in [-0.39, 0.29) is 0 Å². The molecule has 1 aromatic carbocycles. The van der Waals surface area contributed by atoms with Crippen molar-refractivity contribution >= 4 is 32.5 Å². The zero-order valence-corrected chi connectivity index (χ0v) is 14.4. The number of pyridine rings is 1. The number of hydrogen-bond donors (Lipinski definition) is 0.